The Morgan fingerprint density at radius 2 is 2.16 bits per heavy atom. The van der Waals surface area contributed by atoms with Gasteiger partial charge in [0.1, 0.15) is 0 Å². The van der Waals surface area contributed by atoms with Gasteiger partial charge in [0.25, 0.3) is 0 Å². The zero-order valence-corrected chi connectivity index (χ0v) is 11.3. The number of pyridine rings is 1. The van der Waals surface area contributed by atoms with Crippen LogP contribution in [0.5, 0.6) is 0 Å². The normalized spacial score (nSPS) is 15.5. The van der Waals surface area contributed by atoms with Gasteiger partial charge in [-0.3, -0.25) is 4.98 Å². The topological polar surface area (TPSA) is 45.1 Å². The third-order valence-corrected chi connectivity index (χ3v) is 3.98. The second kappa shape index (κ2) is 5.17. The van der Waals surface area contributed by atoms with E-state index in [0.29, 0.717) is 0 Å². The van der Waals surface area contributed by atoms with Crippen LogP contribution in [0, 0.1) is 0 Å². The van der Waals surface area contributed by atoms with Crippen LogP contribution in [-0.2, 0) is 12.8 Å². The third-order valence-electron chi connectivity index (χ3n) is 3.98. The molecule has 19 heavy (non-hydrogen) atoms. The maximum Gasteiger partial charge on any atom is 0.0726 e. The molecule has 1 atom stereocenters. The summed E-state index contributed by atoms with van der Waals surface area (Å²) in [6, 6.07) is 8.39. The number of nitrogens with one attached hydrogen (secondary N) is 1. The van der Waals surface area contributed by atoms with Crippen molar-refractivity contribution >= 4 is 16.6 Å². The van der Waals surface area contributed by atoms with Gasteiger partial charge in [0.15, 0.2) is 0 Å². The van der Waals surface area contributed by atoms with E-state index in [0.717, 1.165) is 24.8 Å². The van der Waals surface area contributed by atoms with E-state index < -0.39 is 0 Å². The van der Waals surface area contributed by atoms with Crippen LogP contribution in [0.25, 0.3) is 10.9 Å². The number of aryl methyl sites for hydroxylation is 1. The van der Waals surface area contributed by atoms with Gasteiger partial charge >= 0.3 is 0 Å². The molecule has 1 aliphatic rings. The lowest BCUT2D eigenvalue weighted by atomic mass is 10.1. The van der Waals surface area contributed by atoms with Gasteiger partial charge < -0.3 is 10.4 Å². The first kappa shape index (κ1) is 12.4. The first-order chi connectivity index (χ1) is 9.33. The fourth-order valence-electron chi connectivity index (χ4n) is 2.86. The molecule has 0 aliphatic heterocycles. The molecule has 3 rings (SSSR count). The summed E-state index contributed by atoms with van der Waals surface area (Å²) in [6.07, 6.45) is 4.27. The Balaban J connectivity index is 2.14. The summed E-state index contributed by atoms with van der Waals surface area (Å²) in [5.74, 6) is 0. The molecule has 3 heteroatoms. The lowest BCUT2D eigenvalue weighted by molar-refractivity contribution is 0.272. The van der Waals surface area contributed by atoms with Crippen LogP contribution in [0.4, 0.5) is 5.69 Å². The SMILES string of the molecule is CCC(CO)Nc1c2c(nc3ccccc13)CCC2. The third kappa shape index (κ3) is 2.19. The highest BCUT2D eigenvalue weighted by Gasteiger charge is 2.20. The number of anilines is 1. The van der Waals surface area contributed by atoms with Gasteiger partial charge in [0, 0.05) is 22.8 Å². The molecule has 1 aromatic carbocycles. The highest BCUT2D eigenvalue weighted by atomic mass is 16.3. The Labute approximate surface area is 113 Å². The molecule has 2 N–H and O–H groups in total. The number of benzene rings is 1. The minimum atomic E-state index is 0.121. The number of hydrogen-bond acceptors (Lipinski definition) is 3. The molecule has 3 nitrogen and oxygen atoms in total. The summed E-state index contributed by atoms with van der Waals surface area (Å²) in [5.41, 5.74) is 4.83. The molecule has 0 saturated heterocycles. The molecule has 0 spiro atoms. The summed E-state index contributed by atoms with van der Waals surface area (Å²) in [7, 11) is 0. The predicted molar refractivity (Wildman–Crippen MR) is 78.6 cm³/mol. The van der Waals surface area contributed by atoms with Crippen molar-refractivity contribution in [3.05, 3.63) is 35.5 Å². The van der Waals surface area contributed by atoms with Crippen molar-refractivity contribution in [1.82, 2.24) is 4.98 Å². The Kier molecular flexibility index (Phi) is 3.38. The van der Waals surface area contributed by atoms with Crippen molar-refractivity contribution in [2.45, 2.75) is 38.6 Å². The molecule has 0 fully saturated rings. The summed E-state index contributed by atoms with van der Waals surface area (Å²) < 4.78 is 0. The van der Waals surface area contributed by atoms with E-state index in [4.69, 9.17) is 4.98 Å². The Hall–Kier alpha value is -1.61. The van der Waals surface area contributed by atoms with Crippen molar-refractivity contribution in [2.75, 3.05) is 11.9 Å². The quantitative estimate of drug-likeness (QED) is 0.884. The zero-order chi connectivity index (χ0) is 13.2. The first-order valence-electron chi connectivity index (χ1n) is 7.11. The second-order valence-electron chi connectivity index (χ2n) is 5.21. The van der Waals surface area contributed by atoms with Gasteiger partial charge in [-0.05, 0) is 37.3 Å². The second-order valence-corrected chi connectivity index (χ2v) is 5.21. The van der Waals surface area contributed by atoms with E-state index in [-0.39, 0.29) is 12.6 Å². The maximum absolute atomic E-state index is 9.43. The number of hydrogen-bond donors (Lipinski definition) is 2. The van der Waals surface area contributed by atoms with Crippen molar-refractivity contribution in [3.8, 4) is 0 Å². The standard InChI is InChI=1S/C16H20N2O/c1-2-11(10-19)17-16-12-6-3-4-8-14(12)18-15-9-5-7-13(15)16/h3-4,6,8,11,19H,2,5,7,9-10H2,1H3,(H,17,18). The molecule has 1 unspecified atom stereocenters. The molecule has 0 bridgehead atoms. The average Bonchev–Trinajstić information content (AvgIpc) is 2.91. The Bertz CT molecular complexity index is 591. The number of aromatic nitrogens is 1. The average molecular weight is 256 g/mol. The lowest BCUT2D eigenvalue weighted by Gasteiger charge is -2.20. The van der Waals surface area contributed by atoms with Gasteiger partial charge in [-0.15, -0.1) is 0 Å². The van der Waals surface area contributed by atoms with Crippen LogP contribution in [0.2, 0.25) is 0 Å². The molecular formula is C16H20N2O. The molecule has 2 aromatic rings. The molecule has 100 valence electrons. The van der Waals surface area contributed by atoms with Crippen LogP contribution in [-0.4, -0.2) is 22.7 Å². The van der Waals surface area contributed by atoms with Crippen LogP contribution >= 0.6 is 0 Å². The molecule has 0 amide bonds. The van der Waals surface area contributed by atoms with E-state index in [2.05, 4.69) is 30.4 Å². The van der Waals surface area contributed by atoms with Gasteiger partial charge in [-0.25, -0.2) is 0 Å². The van der Waals surface area contributed by atoms with E-state index >= 15 is 0 Å². The van der Waals surface area contributed by atoms with Crippen molar-refractivity contribution in [2.24, 2.45) is 0 Å². The van der Waals surface area contributed by atoms with Crippen LogP contribution in [0.1, 0.15) is 31.0 Å². The van der Waals surface area contributed by atoms with Crippen LogP contribution < -0.4 is 5.32 Å². The van der Waals surface area contributed by atoms with Gasteiger partial charge in [0.05, 0.1) is 12.1 Å². The van der Waals surface area contributed by atoms with E-state index in [1.165, 1.54) is 28.8 Å². The van der Waals surface area contributed by atoms with Crippen LogP contribution in [0.3, 0.4) is 0 Å². The smallest absolute Gasteiger partial charge is 0.0726 e. The number of aliphatic hydroxyl groups is 1. The minimum Gasteiger partial charge on any atom is -0.394 e. The minimum absolute atomic E-state index is 0.121. The maximum atomic E-state index is 9.43. The van der Waals surface area contributed by atoms with Crippen molar-refractivity contribution in [3.63, 3.8) is 0 Å². The monoisotopic (exact) mass is 256 g/mol. The van der Waals surface area contributed by atoms with Crippen molar-refractivity contribution < 1.29 is 5.11 Å². The highest BCUT2D eigenvalue weighted by molar-refractivity contribution is 5.93. The lowest BCUT2D eigenvalue weighted by Crippen LogP contribution is -2.23. The largest absolute Gasteiger partial charge is 0.394 e. The zero-order valence-electron chi connectivity index (χ0n) is 11.3. The molecule has 0 saturated carbocycles. The van der Waals surface area contributed by atoms with Crippen LogP contribution in [0.15, 0.2) is 24.3 Å². The molecule has 0 radical (unpaired) electrons. The first-order valence-corrected chi connectivity index (χ1v) is 7.11. The number of nitrogens with zero attached hydrogens (tertiary/aromatic N) is 1. The van der Waals surface area contributed by atoms with E-state index in [1.54, 1.807) is 0 Å². The van der Waals surface area contributed by atoms with Gasteiger partial charge in [-0.2, -0.15) is 0 Å². The summed E-state index contributed by atoms with van der Waals surface area (Å²) in [4.78, 5) is 4.77. The number of para-hydroxylation sites is 1. The predicted octanol–water partition coefficient (Wildman–Crippen LogP) is 2.91. The summed E-state index contributed by atoms with van der Waals surface area (Å²) >= 11 is 0. The number of fused-ring (bicyclic) bond motifs is 2. The molecule has 1 heterocycles. The summed E-state index contributed by atoms with van der Waals surface area (Å²) in [6.45, 7) is 2.26. The fraction of sp³-hybridized carbons (Fsp3) is 0.438. The van der Waals surface area contributed by atoms with Crippen molar-refractivity contribution in [1.29, 1.82) is 0 Å². The number of aliphatic hydroxyl groups excluding tert-OH is 1. The Morgan fingerprint density at radius 3 is 2.95 bits per heavy atom. The fourth-order valence-corrected chi connectivity index (χ4v) is 2.86. The highest BCUT2D eigenvalue weighted by Crippen LogP contribution is 2.34. The number of rotatable bonds is 4. The molecule has 1 aliphatic carbocycles. The Morgan fingerprint density at radius 1 is 1.32 bits per heavy atom. The van der Waals surface area contributed by atoms with E-state index in [9.17, 15) is 5.11 Å². The van der Waals surface area contributed by atoms with Gasteiger partial charge in [-0.1, -0.05) is 25.1 Å². The van der Waals surface area contributed by atoms with Gasteiger partial charge in [0.2, 0.25) is 0 Å². The summed E-state index contributed by atoms with van der Waals surface area (Å²) in [5, 5.41) is 14.1. The van der Waals surface area contributed by atoms with E-state index in [1.807, 2.05) is 6.07 Å². The molecular weight excluding hydrogens is 236 g/mol. The molecule has 1 aromatic heterocycles.